The van der Waals surface area contributed by atoms with Crippen molar-refractivity contribution in [1.82, 2.24) is 10.4 Å². The molecule has 4 nitrogen and oxygen atoms in total. The summed E-state index contributed by atoms with van der Waals surface area (Å²) in [6, 6.07) is 0.244. The quantitative estimate of drug-likeness (QED) is 0.649. The molecule has 1 fully saturated rings. The predicted octanol–water partition coefficient (Wildman–Crippen LogP) is 1.33. The SMILES string of the molecule is CCCN1N[C@H](C(C)C)[C@H]1N=O. The Labute approximate surface area is 73.3 Å². The maximum absolute atomic E-state index is 10.5. The molecule has 1 heterocycles. The Balaban J connectivity index is 2.40. The van der Waals surface area contributed by atoms with E-state index in [-0.39, 0.29) is 12.2 Å². The molecule has 0 saturated carbocycles. The van der Waals surface area contributed by atoms with Gasteiger partial charge in [0.25, 0.3) is 0 Å². The second-order valence-corrected chi connectivity index (χ2v) is 3.61. The highest BCUT2D eigenvalue weighted by atomic mass is 16.3. The Morgan fingerprint density at radius 1 is 1.58 bits per heavy atom. The Kier molecular flexibility index (Phi) is 3.17. The van der Waals surface area contributed by atoms with Crippen molar-refractivity contribution < 1.29 is 0 Å². The fourth-order valence-corrected chi connectivity index (χ4v) is 1.50. The molecule has 0 aliphatic carbocycles. The van der Waals surface area contributed by atoms with Gasteiger partial charge in [-0.1, -0.05) is 20.8 Å². The summed E-state index contributed by atoms with van der Waals surface area (Å²) in [5, 5.41) is 5.02. The Morgan fingerprint density at radius 2 is 2.25 bits per heavy atom. The van der Waals surface area contributed by atoms with Crippen LogP contribution in [0, 0.1) is 10.8 Å². The summed E-state index contributed by atoms with van der Waals surface area (Å²) in [6.45, 7) is 7.18. The molecule has 70 valence electrons. The predicted molar refractivity (Wildman–Crippen MR) is 48.3 cm³/mol. The van der Waals surface area contributed by atoms with Gasteiger partial charge >= 0.3 is 0 Å². The molecule has 0 aromatic heterocycles. The largest absolute Gasteiger partial charge is 0.246 e. The lowest BCUT2D eigenvalue weighted by Crippen LogP contribution is -2.70. The molecule has 12 heavy (non-hydrogen) atoms. The van der Waals surface area contributed by atoms with Gasteiger partial charge < -0.3 is 0 Å². The highest BCUT2D eigenvalue weighted by Gasteiger charge is 2.40. The van der Waals surface area contributed by atoms with Crippen LogP contribution in [0.15, 0.2) is 5.18 Å². The van der Waals surface area contributed by atoms with Crippen LogP contribution in [0.25, 0.3) is 0 Å². The average molecular weight is 171 g/mol. The molecule has 0 bridgehead atoms. The summed E-state index contributed by atoms with van der Waals surface area (Å²) in [5.74, 6) is 0.473. The lowest BCUT2D eigenvalue weighted by atomic mass is 9.98. The van der Waals surface area contributed by atoms with Crippen molar-refractivity contribution in [1.29, 1.82) is 0 Å². The number of rotatable bonds is 4. The fourth-order valence-electron chi connectivity index (χ4n) is 1.50. The number of hydrogen-bond donors (Lipinski definition) is 1. The van der Waals surface area contributed by atoms with E-state index in [0.717, 1.165) is 13.0 Å². The van der Waals surface area contributed by atoms with E-state index in [1.54, 1.807) is 0 Å². The van der Waals surface area contributed by atoms with Crippen molar-refractivity contribution in [2.24, 2.45) is 11.1 Å². The zero-order chi connectivity index (χ0) is 9.14. The van der Waals surface area contributed by atoms with Gasteiger partial charge in [-0.05, 0) is 17.5 Å². The molecule has 0 spiro atoms. The molecule has 0 aromatic rings. The normalized spacial score (nSPS) is 30.3. The monoisotopic (exact) mass is 171 g/mol. The van der Waals surface area contributed by atoms with Crippen LogP contribution >= 0.6 is 0 Å². The first-order valence-electron chi connectivity index (χ1n) is 4.56. The lowest BCUT2D eigenvalue weighted by molar-refractivity contribution is -0.0468. The van der Waals surface area contributed by atoms with E-state index in [9.17, 15) is 4.91 Å². The van der Waals surface area contributed by atoms with E-state index in [1.165, 1.54) is 0 Å². The third-order valence-electron chi connectivity index (χ3n) is 2.25. The van der Waals surface area contributed by atoms with Crippen molar-refractivity contribution in [3.05, 3.63) is 4.91 Å². The van der Waals surface area contributed by atoms with Crippen LogP contribution in [-0.2, 0) is 0 Å². The maximum Gasteiger partial charge on any atom is 0.174 e. The van der Waals surface area contributed by atoms with Crippen molar-refractivity contribution in [3.63, 3.8) is 0 Å². The van der Waals surface area contributed by atoms with Gasteiger partial charge in [-0.3, -0.25) is 0 Å². The minimum atomic E-state index is -0.148. The maximum atomic E-state index is 10.5. The highest BCUT2D eigenvalue weighted by molar-refractivity contribution is 4.91. The van der Waals surface area contributed by atoms with Gasteiger partial charge in [0.05, 0.1) is 6.04 Å². The average Bonchev–Trinajstić information content (AvgIpc) is 1.97. The molecule has 1 aliphatic rings. The van der Waals surface area contributed by atoms with E-state index < -0.39 is 0 Å². The molecule has 1 saturated heterocycles. The van der Waals surface area contributed by atoms with Crippen molar-refractivity contribution in [2.45, 2.75) is 39.4 Å². The molecule has 1 N–H and O–H groups in total. The van der Waals surface area contributed by atoms with Gasteiger partial charge in [-0.25, -0.2) is 10.4 Å². The Bertz CT molecular complexity index is 160. The molecule has 1 aliphatic heterocycles. The van der Waals surface area contributed by atoms with Crippen molar-refractivity contribution in [2.75, 3.05) is 6.54 Å². The molecular formula is C8H17N3O. The Morgan fingerprint density at radius 3 is 2.67 bits per heavy atom. The van der Waals surface area contributed by atoms with E-state index >= 15 is 0 Å². The first-order valence-corrected chi connectivity index (χ1v) is 4.56. The van der Waals surface area contributed by atoms with Crippen LogP contribution in [0.4, 0.5) is 0 Å². The van der Waals surface area contributed by atoms with Crippen molar-refractivity contribution >= 4 is 0 Å². The second kappa shape index (κ2) is 3.96. The van der Waals surface area contributed by atoms with Crippen LogP contribution in [-0.4, -0.2) is 23.8 Å². The van der Waals surface area contributed by atoms with Gasteiger partial charge in [-0.2, -0.15) is 0 Å². The standard InChI is InChI=1S/C8H17N3O/c1-4-5-11-8(10-12)7(9-11)6(2)3/h6-9H,4-5H2,1-3H3/t7-,8+/m1/s1. The third-order valence-corrected chi connectivity index (χ3v) is 2.25. The molecule has 0 radical (unpaired) electrons. The summed E-state index contributed by atoms with van der Waals surface area (Å²) in [4.78, 5) is 10.5. The molecule has 2 atom stereocenters. The first kappa shape index (κ1) is 9.61. The number of hydrazine groups is 1. The molecule has 0 amide bonds. The summed E-state index contributed by atoms with van der Waals surface area (Å²) >= 11 is 0. The minimum absolute atomic E-state index is 0.148. The fraction of sp³-hybridized carbons (Fsp3) is 1.00. The van der Waals surface area contributed by atoms with E-state index in [0.29, 0.717) is 5.92 Å². The van der Waals surface area contributed by atoms with Crippen LogP contribution in [0.5, 0.6) is 0 Å². The van der Waals surface area contributed by atoms with Crippen LogP contribution in [0.2, 0.25) is 0 Å². The first-order chi connectivity index (χ1) is 5.70. The minimum Gasteiger partial charge on any atom is -0.246 e. The molecular weight excluding hydrogens is 154 g/mol. The molecule has 0 aromatic carbocycles. The second-order valence-electron chi connectivity index (χ2n) is 3.61. The molecule has 4 heteroatoms. The topological polar surface area (TPSA) is 44.7 Å². The van der Waals surface area contributed by atoms with Gasteiger partial charge in [-0.15, -0.1) is 4.91 Å². The third kappa shape index (κ3) is 1.64. The Hall–Kier alpha value is -0.480. The molecule has 0 unspecified atom stereocenters. The van der Waals surface area contributed by atoms with E-state index in [2.05, 4.69) is 31.4 Å². The van der Waals surface area contributed by atoms with Gasteiger partial charge in [0, 0.05) is 6.54 Å². The van der Waals surface area contributed by atoms with Gasteiger partial charge in [0.15, 0.2) is 6.17 Å². The summed E-state index contributed by atoms with van der Waals surface area (Å²) in [7, 11) is 0. The molecule has 1 rings (SSSR count). The summed E-state index contributed by atoms with van der Waals surface area (Å²) < 4.78 is 0. The number of nitroso groups, excluding NO2 is 1. The zero-order valence-electron chi connectivity index (χ0n) is 7.95. The van der Waals surface area contributed by atoms with Crippen LogP contribution in [0.3, 0.4) is 0 Å². The number of nitrogens with one attached hydrogen (secondary N) is 1. The summed E-state index contributed by atoms with van der Waals surface area (Å²) in [6.07, 6.45) is 0.897. The number of nitrogens with zero attached hydrogens (tertiary/aromatic N) is 2. The van der Waals surface area contributed by atoms with Crippen LogP contribution in [0.1, 0.15) is 27.2 Å². The van der Waals surface area contributed by atoms with E-state index in [4.69, 9.17) is 0 Å². The summed E-state index contributed by atoms with van der Waals surface area (Å²) in [5.41, 5.74) is 3.22. The van der Waals surface area contributed by atoms with Crippen molar-refractivity contribution in [3.8, 4) is 0 Å². The zero-order valence-corrected chi connectivity index (χ0v) is 7.95. The van der Waals surface area contributed by atoms with Crippen LogP contribution < -0.4 is 5.43 Å². The van der Waals surface area contributed by atoms with Gasteiger partial charge in [0.1, 0.15) is 0 Å². The highest BCUT2D eigenvalue weighted by Crippen LogP contribution is 2.21. The van der Waals surface area contributed by atoms with Gasteiger partial charge in [0.2, 0.25) is 0 Å². The lowest BCUT2D eigenvalue weighted by Gasteiger charge is -2.46. The smallest absolute Gasteiger partial charge is 0.174 e. The number of hydrogen-bond acceptors (Lipinski definition) is 4. The van der Waals surface area contributed by atoms with E-state index in [1.807, 2.05) is 5.01 Å².